The molecule has 100 valence electrons. The van der Waals surface area contributed by atoms with Crippen LogP contribution in [-0.4, -0.2) is 56.6 Å². The molecule has 0 aliphatic carbocycles. The van der Waals surface area contributed by atoms with Crippen LogP contribution in [0.5, 0.6) is 0 Å². The molecule has 1 saturated heterocycles. The van der Waals surface area contributed by atoms with Gasteiger partial charge in [0.05, 0.1) is 0 Å². The molecule has 1 aromatic carbocycles. The van der Waals surface area contributed by atoms with Gasteiger partial charge < -0.3 is 10.2 Å². The van der Waals surface area contributed by atoms with E-state index in [2.05, 4.69) is 29.2 Å². The largest absolute Gasteiger partial charge is 0.314 e. The number of piperazine rings is 1. The standard InChI is InChI=1S/C14H22FN3/c1-17(2)11-14(18-9-7-16-8-10-18)12-3-5-13(15)6-4-12/h3-6,14,16H,7-11H2,1-2H3. The Bertz CT molecular complexity index is 358. The summed E-state index contributed by atoms with van der Waals surface area (Å²) >= 11 is 0. The molecule has 1 heterocycles. The first-order chi connectivity index (χ1) is 8.66. The molecule has 0 aromatic heterocycles. The predicted molar refractivity (Wildman–Crippen MR) is 72.1 cm³/mol. The lowest BCUT2D eigenvalue weighted by molar-refractivity contribution is 0.144. The molecule has 3 nitrogen and oxygen atoms in total. The summed E-state index contributed by atoms with van der Waals surface area (Å²) in [5.41, 5.74) is 1.20. The number of nitrogens with one attached hydrogen (secondary N) is 1. The van der Waals surface area contributed by atoms with Crippen molar-refractivity contribution in [3.8, 4) is 0 Å². The molecule has 1 aliphatic rings. The van der Waals surface area contributed by atoms with Gasteiger partial charge in [0.1, 0.15) is 5.82 Å². The van der Waals surface area contributed by atoms with E-state index in [9.17, 15) is 4.39 Å². The smallest absolute Gasteiger partial charge is 0.123 e. The molecule has 4 heteroatoms. The van der Waals surface area contributed by atoms with E-state index < -0.39 is 0 Å². The molecule has 1 atom stereocenters. The highest BCUT2D eigenvalue weighted by atomic mass is 19.1. The van der Waals surface area contributed by atoms with Gasteiger partial charge in [0.2, 0.25) is 0 Å². The highest BCUT2D eigenvalue weighted by Gasteiger charge is 2.22. The van der Waals surface area contributed by atoms with E-state index in [0.717, 1.165) is 32.7 Å². The minimum atomic E-state index is -0.164. The van der Waals surface area contributed by atoms with Crippen molar-refractivity contribution in [1.29, 1.82) is 0 Å². The SMILES string of the molecule is CN(C)CC(c1ccc(F)cc1)N1CCNCC1. The number of halogens is 1. The first-order valence-corrected chi connectivity index (χ1v) is 6.52. The highest BCUT2D eigenvalue weighted by Crippen LogP contribution is 2.22. The maximum absolute atomic E-state index is 13.0. The van der Waals surface area contributed by atoms with Crippen molar-refractivity contribution in [1.82, 2.24) is 15.1 Å². The number of rotatable bonds is 4. The minimum Gasteiger partial charge on any atom is -0.314 e. The molecule has 1 unspecified atom stereocenters. The van der Waals surface area contributed by atoms with E-state index >= 15 is 0 Å². The molecule has 1 aliphatic heterocycles. The number of hydrogen-bond donors (Lipinski definition) is 1. The maximum atomic E-state index is 13.0. The molecule has 0 saturated carbocycles. The minimum absolute atomic E-state index is 0.164. The van der Waals surface area contributed by atoms with Gasteiger partial charge >= 0.3 is 0 Å². The second-order valence-corrected chi connectivity index (χ2v) is 5.12. The van der Waals surface area contributed by atoms with Crippen molar-refractivity contribution in [2.24, 2.45) is 0 Å². The van der Waals surface area contributed by atoms with Gasteiger partial charge in [-0.3, -0.25) is 4.90 Å². The molecule has 0 spiro atoms. The quantitative estimate of drug-likeness (QED) is 0.871. The van der Waals surface area contributed by atoms with Crippen LogP contribution in [0.1, 0.15) is 11.6 Å². The molecule has 1 fully saturated rings. The second kappa shape index (κ2) is 6.27. The molecule has 0 amide bonds. The maximum Gasteiger partial charge on any atom is 0.123 e. The van der Waals surface area contributed by atoms with Gasteiger partial charge in [0, 0.05) is 38.8 Å². The van der Waals surface area contributed by atoms with Gasteiger partial charge in [-0.2, -0.15) is 0 Å². The van der Waals surface area contributed by atoms with Crippen LogP contribution < -0.4 is 5.32 Å². The van der Waals surface area contributed by atoms with Crippen LogP contribution in [-0.2, 0) is 0 Å². The molecular weight excluding hydrogens is 229 g/mol. The number of hydrogen-bond acceptors (Lipinski definition) is 3. The zero-order valence-corrected chi connectivity index (χ0v) is 11.2. The lowest BCUT2D eigenvalue weighted by Crippen LogP contribution is -2.47. The zero-order valence-electron chi connectivity index (χ0n) is 11.2. The molecule has 2 rings (SSSR count). The Morgan fingerprint density at radius 1 is 1.22 bits per heavy atom. The van der Waals surface area contributed by atoms with E-state index in [-0.39, 0.29) is 5.82 Å². The normalized spacial score (nSPS) is 19.1. The van der Waals surface area contributed by atoms with Crippen LogP contribution in [0, 0.1) is 5.82 Å². The number of likely N-dealkylation sites (N-methyl/N-ethyl adjacent to an activating group) is 1. The fourth-order valence-electron chi connectivity index (χ4n) is 2.46. The summed E-state index contributed by atoms with van der Waals surface area (Å²) in [7, 11) is 4.16. The van der Waals surface area contributed by atoms with Crippen LogP contribution in [0.2, 0.25) is 0 Å². The molecule has 1 aromatic rings. The lowest BCUT2D eigenvalue weighted by Gasteiger charge is -2.36. The number of nitrogens with zero attached hydrogens (tertiary/aromatic N) is 2. The van der Waals surface area contributed by atoms with Crippen molar-refractivity contribution in [2.45, 2.75) is 6.04 Å². The Morgan fingerprint density at radius 3 is 2.39 bits per heavy atom. The van der Waals surface area contributed by atoms with Crippen molar-refractivity contribution in [2.75, 3.05) is 46.8 Å². The first kappa shape index (κ1) is 13.5. The fourth-order valence-corrected chi connectivity index (χ4v) is 2.46. The van der Waals surface area contributed by atoms with Crippen molar-refractivity contribution < 1.29 is 4.39 Å². The Morgan fingerprint density at radius 2 is 1.83 bits per heavy atom. The van der Waals surface area contributed by atoms with Gasteiger partial charge in [0.15, 0.2) is 0 Å². The average molecular weight is 251 g/mol. The Labute approximate surface area is 109 Å². The highest BCUT2D eigenvalue weighted by molar-refractivity contribution is 5.20. The summed E-state index contributed by atoms with van der Waals surface area (Å²) in [6.07, 6.45) is 0. The summed E-state index contributed by atoms with van der Waals surface area (Å²) < 4.78 is 13.0. The van der Waals surface area contributed by atoms with E-state index in [1.54, 1.807) is 12.1 Å². The van der Waals surface area contributed by atoms with E-state index in [1.165, 1.54) is 5.56 Å². The molecule has 1 N–H and O–H groups in total. The van der Waals surface area contributed by atoms with E-state index in [0.29, 0.717) is 6.04 Å². The lowest BCUT2D eigenvalue weighted by atomic mass is 10.0. The molecule has 18 heavy (non-hydrogen) atoms. The van der Waals surface area contributed by atoms with Crippen LogP contribution >= 0.6 is 0 Å². The van der Waals surface area contributed by atoms with E-state index in [4.69, 9.17) is 0 Å². The third kappa shape index (κ3) is 3.51. The van der Waals surface area contributed by atoms with Crippen molar-refractivity contribution >= 4 is 0 Å². The Kier molecular flexibility index (Phi) is 4.69. The summed E-state index contributed by atoms with van der Waals surface area (Å²) in [5.74, 6) is -0.164. The Balaban J connectivity index is 2.15. The number of benzene rings is 1. The van der Waals surface area contributed by atoms with Gasteiger partial charge in [-0.25, -0.2) is 4.39 Å². The summed E-state index contributed by atoms with van der Waals surface area (Å²) in [5, 5.41) is 3.37. The Hall–Kier alpha value is -0.970. The average Bonchev–Trinajstić information content (AvgIpc) is 2.38. The summed E-state index contributed by atoms with van der Waals surface area (Å²) in [6, 6.07) is 7.28. The first-order valence-electron chi connectivity index (χ1n) is 6.52. The zero-order chi connectivity index (χ0) is 13.0. The van der Waals surface area contributed by atoms with Gasteiger partial charge in [-0.1, -0.05) is 12.1 Å². The molecular formula is C14H22FN3. The van der Waals surface area contributed by atoms with Crippen molar-refractivity contribution in [3.63, 3.8) is 0 Å². The van der Waals surface area contributed by atoms with Gasteiger partial charge in [0.25, 0.3) is 0 Å². The van der Waals surface area contributed by atoms with Gasteiger partial charge in [-0.15, -0.1) is 0 Å². The third-order valence-electron chi connectivity index (χ3n) is 3.39. The van der Waals surface area contributed by atoms with Crippen LogP contribution in [0.25, 0.3) is 0 Å². The van der Waals surface area contributed by atoms with Crippen LogP contribution in [0.15, 0.2) is 24.3 Å². The molecule has 0 radical (unpaired) electrons. The van der Waals surface area contributed by atoms with Crippen LogP contribution in [0.3, 0.4) is 0 Å². The topological polar surface area (TPSA) is 18.5 Å². The predicted octanol–water partition coefficient (Wildman–Crippen LogP) is 1.33. The van der Waals surface area contributed by atoms with Crippen LogP contribution in [0.4, 0.5) is 4.39 Å². The van der Waals surface area contributed by atoms with E-state index in [1.807, 2.05) is 12.1 Å². The third-order valence-corrected chi connectivity index (χ3v) is 3.39. The summed E-state index contributed by atoms with van der Waals surface area (Å²) in [4.78, 5) is 4.67. The fraction of sp³-hybridized carbons (Fsp3) is 0.571. The molecule has 0 bridgehead atoms. The van der Waals surface area contributed by atoms with Gasteiger partial charge in [-0.05, 0) is 31.8 Å². The monoisotopic (exact) mass is 251 g/mol. The second-order valence-electron chi connectivity index (χ2n) is 5.12. The summed E-state index contributed by atoms with van der Waals surface area (Å²) in [6.45, 7) is 5.13. The van der Waals surface area contributed by atoms with Crippen molar-refractivity contribution in [3.05, 3.63) is 35.6 Å².